The first-order valence-electron chi connectivity index (χ1n) is 4.52. The molecule has 1 saturated heterocycles. The summed E-state index contributed by atoms with van der Waals surface area (Å²) in [6, 6.07) is 0.150. The van der Waals surface area contributed by atoms with Gasteiger partial charge in [0.1, 0.15) is 0 Å². The van der Waals surface area contributed by atoms with Crippen LogP contribution < -0.4 is 5.73 Å². The molecule has 2 nitrogen and oxygen atoms in total. The van der Waals surface area contributed by atoms with E-state index in [0.29, 0.717) is 5.92 Å². The molecule has 72 valence electrons. The summed E-state index contributed by atoms with van der Waals surface area (Å²) in [4.78, 5) is 0. The van der Waals surface area contributed by atoms with Gasteiger partial charge in [-0.25, -0.2) is 0 Å². The Hall–Kier alpha value is 0.270. The maximum atomic E-state index is 9.14. The maximum Gasteiger partial charge on any atom is 0.0497 e. The summed E-state index contributed by atoms with van der Waals surface area (Å²) in [5.41, 5.74) is 5.98. The first-order chi connectivity index (χ1) is 5.58. The Morgan fingerprint density at radius 1 is 1.67 bits per heavy atom. The van der Waals surface area contributed by atoms with Crippen LogP contribution in [0.3, 0.4) is 0 Å². The molecule has 0 amide bonds. The summed E-state index contributed by atoms with van der Waals surface area (Å²) in [5, 5.41) is 9.14. The summed E-state index contributed by atoms with van der Waals surface area (Å²) in [7, 11) is 0. The Balaban J connectivity index is 2.50. The van der Waals surface area contributed by atoms with Crippen molar-refractivity contribution < 1.29 is 5.11 Å². The van der Waals surface area contributed by atoms with Crippen molar-refractivity contribution in [2.24, 2.45) is 17.1 Å². The van der Waals surface area contributed by atoms with E-state index in [1.807, 2.05) is 25.6 Å². The number of hydrogen-bond acceptors (Lipinski definition) is 3. The monoisotopic (exact) mass is 189 g/mol. The normalized spacial score (nSPS) is 27.5. The lowest BCUT2D eigenvalue weighted by atomic mass is 9.78. The molecule has 0 radical (unpaired) electrons. The zero-order valence-corrected chi connectivity index (χ0v) is 8.73. The van der Waals surface area contributed by atoms with E-state index in [0.717, 1.165) is 0 Å². The van der Waals surface area contributed by atoms with Gasteiger partial charge in [0.15, 0.2) is 0 Å². The van der Waals surface area contributed by atoms with Crippen LogP contribution in [0.4, 0.5) is 0 Å². The zero-order valence-electron chi connectivity index (χ0n) is 7.92. The van der Waals surface area contributed by atoms with Crippen LogP contribution in [0.1, 0.15) is 20.3 Å². The van der Waals surface area contributed by atoms with Gasteiger partial charge in [-0.3, -0.25) is 0 Å². The molecule has 0 spiro atoms. The standard InChI is InChI=1S/C9H19NOS/c1-9(2,6-11)8(10)7-3-4-12-5-7/h7-8,11H,3-6,10H2,1-2H3. The quantitative estimate of drug-likeness (QED) is 0.698. The fourth-order valence-corrected chi connectivity index (χ4v) is 2.89. The van der Waals surface area contributed by atoms with E-state index in [1.165, 1.54) is 17.9 Å². The molecular formula is C9H19NOS. The smallest absolute Gasteiger partial charge is 0.0497 e. The van der Waals surface area contributed by atoms with Crippen molar-refractivity contribution in [2.75, 3.05) is 18.1 Å². The van der Waals surface area contributed by atoms with Crippen LogP contribution in [0.25, 0.3) is 0 Å². The van der Waals surface area contributed by atoms with Crippen molar-refractivity contribution in [2.45, 2.75) is 26.3 Å². The van der Waals surface area contributed by atoms with Crippen LogP contribution in [0, 0.1) is 11.3 Å². The Kier molecular flexibility index (Phi) is 3.44. The first kappa shape index (κ1) is 10.4. The Morgan fingerprint density at radius 3 is 2.75 bits per heavy atom. The number of hydrogen-bond donors (Lipinski definition) is 2. The Bertz CT molecular complexity index is 143. The van der Waals surface area contributed by atoms with E-state index in [1.54, 1.807) is 0 Å². The lowest BCUT2D eigenvalue weighted by molar-refractivity contribution is 0.111. The zero-order chi connectivity index (χ0) is 9.19. The van der Waals surface area contributed by atoms with Gasteiger partial charge in [-0.05, 0) is 23.8 Å². The molecule has 3 heteroatoms. The van der Waals surface area contributed by atoms with E-state index >= 15 is 0 Å². The lowest BCUT2D eigenvalue weighted by Crippen LogP contribution is -2.45. The van der Waals surface area contributed by atoms with Crippen LogP contribution >= 0.6 is 11.8 Å². The highest BCUT2D eigenvalue weighted by Crippen LogP contribution is 2.32. The van der Waals surface area contributed by atoms with Gasteiger partial charge in [0.05, 0.1) is 0 Å². The second-order valence-electron chi connectivity index (χ2n) is 4.30. The largest absolute Gasteiger partial charge is 0.396 e. The second-order valence-corrected chi connectivity index (χ2v) is 5.45. The summed E-state index contributed by atoms with van der Waals surface area (Å²) in [6.07, 6.45) is 1.22. The molecule has 0 aromatic rings. The van der Waals surface area contributed by atoms with Crippen molar-refractivity contribution in [1.29, 1.82) is 0 Å². The lowest BCUT2D eigenvalue weighted by Gasteiger charge is -2.33. The van der Waals surface area contributed by atoms with Gasteiger partial charge >= 0.3 is 0 Å². The molecule has 1 aliphatic heterocycles. The van der Waals surface area contributed by atoms with Crippen molar-refractivity contribution in [3.8, 4) is 0 Å². The number of aliphatic hydroxyl groups is 1. The fraction of sp³-hybridized carbons (Fsp3) is 1.00. The maximum absolute atomic E-state index is 9.14. The molecule has 12 heavy (non-hydrogen) atoms. The van der Waals surface area contributed by atoms with Crippen LogP contribution in [0.5, 0.6) is 0 Å². The minimum absolute atomic E-state index is 0.116. The second kappa shape index (κ2) is 3.99. The molecule has 1 aliphatic rings. The fourth-order valence-electron chi connectivity index (χ4n) is 1.58. The van der Waals surface area contributed by atoms with Crippen molar-refractivity contribution >= 4 is 11.8 Å². The first-order valence-corrected chi connectivity index (χ1v) is 5.67. The third-order valence-corrected chi connectivity index (χ3v) is 3.97. The molecule has 1 heterocycles. The van der Waals surface area contributed by atoms with E-state index in [9.17, 15) is 0 Å². The third kappa shape index (κ3) is 2.15. The van der Waals surface area contributed by atoms with E-state index in [-0.39, 0.29) is 18.1 Å². The summed E-state index contributed by atoms with van der Waals surface area (Å²) in [5.74, 6) is 3.02. The van der Waals surface area contributed by atoms with Gasteiger partial charge in [-0.1, -0.05) is 13.8 Å². The highest BCUT2D eigenvalue weighted by Gasteiger charge is 2.33. The van der Waals surface area contributed by atoms with Gasteiger partial charge in [0, 0.05) is 18.1 Å². The molecule has 3 N–H and O–H groups in total. The van der Waals surface area contributed by atoms with Crippen LogP contribution in [0.2, 0.25) is 0 Å². The summed E-state index contributed by atoms with van der Waals surface area (Å²) >= 11 is 1.98. The minimum Gasteiger partial charge on any atom is -0.396 e. The number of nitrogens with two attached hydrogens (primary N) is 1. The van der Waals surface area contributed by atoms with Crippen LogP contribution in [-0.4, -0.2) is 29.3 Å². The van der Waals surface area contributed by atoms with E-state index < -0.39 is 0 Å². The molecule has 0 bridgehead atoms. The Labute approximate surface area is 78.9 Å². The molecule has 2 atom stereocenters. The van der Waals surface area contributed by atoms with Crippen molar-refractivity contribution in [1.82, 2.24) is 0 Å². The van der Waals surface area contributed by atoms with Crippen LogP contribution in [0.15, 0.2) is 0 Å². The number of aliphatic hydroxyl groups excluding tert-OH is 1. The van der Waals surface area contributed by atoms with Gasteiger partial charge in [0.25, 0.3) is 0 Å². The molecule has 0 aromatic heterocycles. The highest BCUT2D eigenvalue weighted by molar-refractivity contribution is 7.99. The van der Waals surface area contributed by atoms with Gasteiger partial charge in [0.2, 0.25) is 0 Å². The average Bonchev–Trinajstić information content (AvgIpc) is 2.55. The van der Waals surface area contributed by atoms with Crippen molar-refractivity contribution in [3.63, 3.8) is 0 Å². The molecule has 1 fully saturated rings. The number of thioether (sulfide) groups is 1. The van der Waals surface area contributed by atoms with E-state index in [4.69, 9.17) is 10.8 Å². The Morgan fingerprint density at radius 2 is 2.33 bits per heavy atom. The summed E-state index contributed by atoms with van der Waals surface area (Å²) < 4.78 is 0. The van der Waals surface area contributed by atoms with Gasteiger partial charge in [-0.15, -0.1) is 0 Å². The summed E-state index contributed by atoms with van der Waals surface area (Å²) in [6.45, 7) is 4.27. The predicted molar refractivity (Wildman–Crippen MR) is 54.3 cm³/mol. The van der Waals surface area contributed by atoms with E-state index in [2.05, 4.69) is 0 Å². The molecule has 0 aliphatic carbocycles. The molecule has 2 unspecified atom stereocenters. The predicted octanol–water partition coefficient (Wildman–Crippen LogP) is 1.09. The molecule has 0 aromatic carbocycles. The third-order valence-electron chi connectivity index (χ3n) is 2.78. The molecule has 1 rings (SSSR count). The van der Waals surface area contributed by atoms with Crippen LogP contribution in [-0.2, 0) is 0 Å². The molecule has 0 saturated carbocycles. The number of rotatable bonds is 3. The van der Waals surface area contributed by atoms with Crippen molar-refractivity contribution in [3.05, 3.63) is 0 Å². The molecular weight excluding hydrogens is 170 g/mol. The highest BCUT2D eigenvalue weighted by atomic mass is 32.2. The van der Waals surface area contributed by atoms with Gasteiger partial charge in [-0.2, -0.15) is 11.8 Å². The van der Waals surface area contributed by atoms with Gasteiger partial charge < -0.3 is 10.8 Å². The topological polar surface area (TPSA) is 46.2 Å². The SMILES string of the molecule is CC(C)(CO)C(N)C1CCSC1. The average molecular weight is 189 g/mol. The minimum atomic E-state index is -0.116.